The zero-order valence-corrected chi connectivity index (χ0v) is 15.9. The molecule has 4 rings (SSSR count). The normalized spacial score (nSPS) is 24.5. The molecular weight excluding hydrogens is 332 g/mol. The van der Waals surface area contributed by atoms with Gasteiger partial charge in [-0.2, -0.15) is 5.10 Å². The fraction of sp³-hybridized carbons (Fsp3) is 0.895. The van der Waals surface area contributed by atoms with Crippen LogP contribution in [0.3, 0.4) is 0 Å². The highest BCUT2D eigenvalue weighted by molar-refractivity contribution is 5.02. The summed E-state index contributed by atoms with van der Waals surface area (Å²) in [6, 6.07) is 0.366. The SMILES string of the molecule is Cn1nc(C2CCN(CCC3OCCCO3)CC2)n(C2CCCC2)c1=O. The molecule has 3 heterocycles. The van der Waals surface area contributed by atoms with Crippen LogP contribution in [0.2, 0.25) is 0 Å². The van der Waals surface area contributed by atoms with Crippen molar-refractivity contribution >= 4 is 0 Å². The fourth-order valence-corrected chi connectivity index (χ4v) is 4.69. The summed E-state index contributed by atoms with van der Waals surface area (Å²) < 4.78 is 14.9. The Labute approximate surface area is 155 Å². The Balaban J connectivity index is 1.34. The van der Waals surface area contributed by atoms with Crippen LogP contribution in [-0.2, 0) is 16.5 Å². The van der Waals surface area contributed by atoms with Gasteiger partial charge in [-0.25, -0.2) is 9.48 Å². The Bertz CT molecular complexity index is 636. The van der Waals surface area contributed by atoms with Gasteiger partial charge in [-0.3, -0.25) is 4.57 Å². The minimum atomic E-state index is -0.0233. The van der Waals surface area contributed by atoms with Crippen LogP contribution in [0.5, 0.6) is 0 Å². The van der Waals surface area contributed by atoms with E-state index in [2.05, 4.69) is 10.00 Å². The van der Waals surface area contributed by atoms with Crippen LogP contribution in [0, 0.1) is 0 Å². The lowest BCUT2D eigenvalue weighted by Crippen LogP contribution is -2.37. The molecule has 2 aliphatic heterocycles. The first-order valence-corrected chi connectivity index (χ1v) is 10.3. The lowest BCUT2D eigenvalue weighted by Gasteiger charge is -2.33. The third kappa shape index (κ3) is 3.89. The van der Waals surface area contributed by atoms with Crippen LogP contribution in [0.15, 0.2) is 4.79 Å². The highest BCUT2D eigenvalue weighted by atomic mass is 16.7. The molecule has 0 aromatic carbocycles. The van der Waals surface area contributed by atoms with Crippen LogP contribution in [0.1, 0.15) is 69.2 Å². The van der Waals surface area contributed by atoms with Crippen molar-refractivity contribution < 1.29 is 9.47 Å². The maximum Gasteiger partial charge on any atom is 0.345 e. The molecule has 2 saturated heterocycles. The first-order chi connectivity index (χ1) is 12.7. The zero-order chi connectivity index (χ0) is 17.9. The molecule has 146 valence electrons. The topological polar surface area (TPSA) is 61.5 Å². The van der Waals surface area contributed by atoms with E-state index in [9.17, 15) is 4.79 Å². The summed E-state index contributed by atoms with van der Waals surface area (Å²) in [5.41, 5.74) is 0.0703. The molecule has 7 nitrogen and oxygen atoms in total. The molecule has 0 unspecified atom stereocenters. The highest BCUT2D eigenvalue weighted by Crippen LogP contribution is 2.33. The van der Waals surface area contributed by atoms with Gasteiger partial charge in [0.15, 0.2) is 6.29 Å². The molecule has 1 saturated carbocycles. The first kappa shape index (κ1) is 18.2. The number of likely N-dealkylation sites (tertiary alicyclic amines) is 1. The standard InChI is InChI=1S/C19H32N4O3/c1-21-19(24)23(16-5-2-3-6-16)18(20-21)15-7-10-22(11-8-15)12-9-17-25-13-4-14-26-17/h15-17H,2-14H2,1H3. The molecule has 26 heavy (non-hydrogen) atoms. The minimum Gasteiger partial charge on any atom is -0.353 e. The van der Waals surface area contributed by atoms with Gasteiger partial charge in [-0.1, -0.05) is 12.8 Å². The van der Waals surface area contributed by atoms with Crippen molar-refractivity contribution in [3.05, 3.63) is 16.3 Å². The Morgan fingerprint density at radius 3 is 2.42 bits per heavy atom. The number of nitrogens with zero attached hydrogens (tertiary/aromatic N) is 4. The predicted molar refractivity (Wildman–Crippen MR) is 98.3 cm³/mol. The minimum absolute atomic E-state index is 0.0233. The lowest BCUT2D eigenvalue weighted by atomic mass is 9.95. The van der Waals surface area contributed by atoms with E-state index >= 15 is 0 Å². The van der Waals surface area contributed by atoms with Crippen LogP contribution in [0.25, 0.3) is 0 Å². The number of hydrogen-bond donors (Lipinski definition) is 0. The van der Waals surface area contributed by atoms with Gasteiger partial charge in [-0.15, -0.1) is 0 Å². The van der Waals surface area contributed by atoms with E-state index in [1.807, 2.05) is 4.57 Å². The third-order valence-corrected chi connectivity index (χ3v) is 6.20. The summed E-state index contributed by atoms with van der Waals surface area (Å²) in [6.45, 7) is 4.80. The maximum atomic E-state index is 12.6. The molecule has 0 bridgehead atoms. The largest absolute Gasteiger partial charge is 0.353 e. The van der Waals surface area contributed by atoms with Gasteiger partial charge in [0.25, 0.3) is 0 Å². The first-order valence-electron chi connectivity index (χ1n) is 10.3. The maximum absolute atomic E-state index is 12.6. The molecule has 1 aliphatic carbocycles. The number of ether oxygens (including phenoxy) is 2. The van der Waals surface area contributed by atoms with Crippen LogP contribution < -0.4 is 5.69 Å². The summed E-state index contributed by atoms with van der Waals surface area (Å²) >= 11 is 0. The summed E-state index contributed by atoms with van der Waals surface area (Å²) in [4.78, 5) is 15.1. The molecule has 1 aromatic rings. The van der Waals surface area contributed by atoms with Crippen LogP contribution in [0.4, 0.5) is 0 Å². The van der Waals surface area contributed by atoms with Crippen molar-refractivity contribution in [1.29, 1.82) is 0 Å². The smallest absolute Gasteiger partial charge is 0.345 e. The van der Waals surface area contributed by atoms with Crippen LogP contribution in [-0.4, -0.2) is 58.4 Å². The van der Waals surface area contributed by atoms with Crippen molar-refractivity contribution in [1.82, 2.24) is 19.2 Å². The van der Waals surface area contributed by atoms with Crippen molar-refractivity contribution in [3.8, 4) is 0 Å². The third-order valence-electron chi connectivity index (χ3n) is 6.20. The van der Waals surface area contributed by atoms with E-state index in [1.165, 1.54) is 17.5 Å². The van der Waals surface area contributed by atoms with Gasteiger partial charge < -0.3 is 14.4 Å². The predicted octanol–water partition coefficient (Wildman–Crippen LogP) is 2.03. The monoisotopic (exact) mass is 364 g/mol. The zero-order valence-electron chi connectivity index (χ0n) is 15.9. The van der Waals surface area contributed by atoms with Crippen molar-refractivity contribution in [2.24, 2.45) is 7.05 Å². The van der Waals surface area contributed by atoms with Gasteiger partial charge >= 0.3 is 5.69 Å². The second-order valence-electron chi connectivity index (χ2n) is 8.00. The van der Waals surface area contributed by atoms with Gasteiger partial charge in [0.1, 0.15) is 5.82 Å². The Kier molecular flexibility index (Phi) is 5.76. The number of aromatic nitrogens is 3. The molecular formula is C19H32N4O3. The summed E-state index contributed by atoms with van der Waals surface area (Å²) in [5.74, 6) is 1.44. The molecule has 0 N–H and O–H groups in total. The number of aryl methyl sites for hydroxylation is 1. The van der Waals surface area contributed by atoms with Gasteiger partial charge in [0.05, 0.1) is 13.2 Å². The molecule has 1 aromatic heterocycles. The second-order valence-corrected chi connectivity index (χ2v) is 8.00. The van der Waals surface area contributed by atoms with E-state index in [0.29, 0.717) is 12.0 Å². The second kappa shape index (κ2) is 8.23. The molecule has 7 heteroatoms. The quantitative estimate of drug-likeness (QED) is 0.800. The van der Waals surface area contributed by atoms with Crippen molar-refractivity contribution in [2.45, 2.75) is 69.6 Å². The van der Waals surface area contributed by atoms with E-state index in [4.69, 9.17) is 9.47 Å². The number of piperidine rings is 1. The Morgan fingerprint density at radius 1 is 1.04 bits per heavy atom. The average molecular weight is 364 g/mol. The number of hydrogen-bond acceptors (Lipinski definition) is 5. The molecule has 3 aliphatic rings. The fourth-order valence-electron chi connectivity index (χ4n) is 4.69. The molecule has 0 spiro atoms. The Hall–Kier alpha value is -1.18. The summed E-state index contributed by atoms with van der Waals surface area (Å²) in [5, 5.41) is 4.63. The number of rotatable bonds is 5. The molecule has 3 fully saturated rings. The van der Waals surface area contributed by atoms with E-state index in [0.717, 1.165) is 77.2 Å². The van der Waals surface area contributed by atoms with Gasteiger partial charge in [0.2, 0.25) is 0 Å². The van der Waals surface area contributed by atoms with Crippen molar-refractivity contribution in [2.75, 3.05) is 32.8 Å². The molecule has 0 atom stereocenters. The van der Waals surface area contributed by atoms with Gasteiger partial charge in [0, 0.05) is 32.0 Å². The van der Waals surface area contributed by atoms with Crippen molar-refractivity contribution in [3.63, 3.8) is 0 Å². The molecule has 0 radical (unpaired) electrons. The lowest BCUT2D eigenvalue weighted by molar-refractivity contribution is -0.182. The Morgan fingerprint density at radius 2 is 1.73 bits per heavy atom. The van der Waals surface area contributed by atoms with E-state index < -0.39 is 0 Å². The van der Waals surface area contributed by atoms with Crippen LogP contribution >= 0.6 is 0 Å². The van der Waals surface area contributed by atoms with E-state index in [1.54, 1.807) is 7.05 Å². The van der Waals surface area contributed by atoms with Gasteiger partial charge in [-0.05, 0) is 45.2 Å². The average Bonchev–Trinajstić information content (AvgIpc) is 3.30. The summed E-state index contributed by atoms with van der Waals surface area (Å²) in [6.07, 6.45) is 8.80. The van der Waals surface area contributed by atoms with E-state index in [-0.39, 0.29) is 12.0 Å². The highest BCUT2D eigenvalue weighted by Gasteiger charge is 2.30. The summed E-state index contributed by atoms with van der Waals surface area (Å²) in [7, 11) is 1.79. The molecule has 0 amide bonds.